The smallest absolute Gasteiger partial charge is 1.00 e. The zero-order chi connectivity index (χ0) is 9.65. The quantitative estimate of drug-likeness (QED) is 0.239. The molecule has 10 heteroatoms. The number of carbonyl (C=O) groups is 1. The standard InChI is InChI=1S/C3H6O3.Ca.K.H3O4P.3H/c1-2(4)3(5)6;;;1-5(2,3)4;;;/h2,4H,1H3,(H,5,6);;;(H3,1,2,3,4);;;/q;+2;+1;;3*-1. The fraction of sp³-hybridized carbons (Fsp3) is 0.667. The first-order valence-electron chi connectivity index (χ1n) is 2.33. The molecule has 0 heterocycles. The van der Waals surface area contributed by atoms with Crippen LogP contribution in [-0.2, 0) is 9.36 Å². The Labute approximate surface area is 152 Å². The summed E-state index contributed by atoms with van der Waals surface area (Å²) < 4.78 is 8.88. The molecule has 0 bridgehead atoms. The van der Waals surface area contributed by atoms with Gasteiger partial charge in [0.2, 0.25) is 0 Å². The van der Waals surface area contributed by atoms with Crippen LogP contribution in [0.2, 0.25) is 0 Å². The normalized spacial score (nSPS) is 10.8. The number of carboxylic acid groups (broad SMARTS) is 1. The molecule has 0 aromatic heterocycles. The molecule has 0 radical (unpaired) electrons. The minimum atomic E-state index is -4.64. The molecule has 0 spiro atoms. The second-order valence-electron chi connectivity index (χ2n) is 1.53. The number of hydrogen-bond acceptors (Lipinski definition) is 3. The molecule has 1 atom stereocenters. The van der Waals surface area contributed by atoms with Gasteiger partial charge in [-0.05, 0) is 6.92 Å². The van der Waals surface area contributed by atoms with Crippen molar-refractivity contribution in [3.8, 4) is 0 Å². The van der Waals surface area contributed by atoms with E-state index in [9.17, 15) is 4.79 Å². The van der Waals surface area contributed by atoms with Gasteiger partial charge in [-0.1, -0.05) is 0 Å². The third kappa shape index (κ3) is 53.9. The van der Waals surface area contributed by atoms with Gasteiger partial charge in [-0.3, -0.25) is 0 Å². The van der Waals surface area contributed by atoms with Crippen LogP contribution in [0.3, 0.4) is 0 Å². The molecular formula is C3H12CaKO7P. The van der Waals surface area contributed by atoms with Gasteiger partial charge >= 0.3 is 103 Å². The minimum Gasteiger partial charge on any atom is -1.00 e. The predicted molar refractivity (Wildman–Crippen MR) is 42.7 cm³/mol. The number of carboxylic acids is 1. The van der Waals surface area contributed by atoms with Crippen LogP contribution in [0.15, 0.2) is 0 Å². The van der Waals surface area contributed by atoms with Gasteiger partial charge in [-0.15, -0.1) is 0 Å². The summed E-state index contributed by atoms with van der Waals surface area (Å²) in [6.45, 7) is 1.20. The van der Waals surface area contributed by atoms with Gasteiger partial charge < -0.3 is 29.2 Å². The first kappa shape index (κ1) is 24.6. The van der Waals surface area contributed by atoms with Gasteiger partial charge in [0.25, 0.3) is 0 Å². The molecule has 1 unspecified atom stereocenters. The Balaban J connectivity index is -0.0000000155. The van der Waals surface area contributed by atoms with E-state index in [-0.39, 0.29) is 93.4 Å². The molecule has 0 aliphatic heterocycles. The first-order valence-corrected chi connectivity index (χ1v) is 3.90. The fourth-order valence-electron chi connectivity index (χ4n) is 0. The van der Waals surface area contributed by atoms with E-state index in [1.165, 1.54) is 6.92 Å². The minimum absolute atomic E-state index is 0. The molecular weight excluding hydrogens is 258 g/mol. The Bertz CT molecular complexity index is 170. The SMILES string of the molecule is CC(O)C(=O)O.O=P(O)(O)O.[Ca+2].[H-].[H-].[H-].[K+]. The molecule has 5 N–H and O–H groups in total. The predicted octanol–water partition coefficient (Wildman–Crippen LogP) is -4.52. The van der Waals surface area contributed by atoms with Gasteiger partial charge in [0.15, 0.2) is 0 Å². The van der Waals surface area contributed by atoms with Crippen LogP contribution in [0.25, 0.3) is 0 Å². The summed E-state index contributed by atoms with van der Waals surface area (Å²) in [6, 6.07) is 0. The maximum absolute atomic E-state index is 9.45. The van der Waals surface area contributed by atoms with Crippen molar-refractivity contribution < 1.29 is 89.9 Å². The fourth-order valence-corrected chi connectivity index (χ4v) is 0. The second kappa shape index (κ2) is 12.5. The molecule has 0 aliphatic carbocycles. The van der Waals surface area contributed by atoms with E-state index < -0.39 is 19.9 Å². The first-order chi connectivity index (χ1) is 4.64. The van der Waals surface area contributed by atoms with Gasteiger partial charge in [-0.25, -0.2) is 9.36 Å². The van der Waals surface area contributed by atoms with Crippen molar-refractivity contribution in [2.45, 2.75) is 13.0 Å². The zero-order valence-corrected chi connectivity index (χ0v) is 13.5. The van der Waals surface area contributed by atoms with Crippen molar-refractivity contribution in [1.29, 1.82) is 0 Å². The van der Waals surface area contributed by atoms with E-state index in [0.29, 0.717) is 0 Å². The topological polar surface area (TPSA) is 135 Å². The summed E-state index contributed by atoms with van der Waals surface area (Å²) in [5, 5.41) is 15.8. The Morgan fingerprint density at radius 3 is 1.46 bits per heavy atom. The molecule has 0 fully saturated rings. The summed E-state index contributed by atoms with van der Waals surface area (Å²) in [6.07, 6.45) is -1.23. The number of rotatable bonds is 1. The Morgan fingerprint density at radius 2 is 1.46 bits per heavy atom. The molecule has 13 heavy (non-hydrogen) atoms. The zero-order valence-electron chi connectivity index (χ0n) is 10.3. The molecule has 0 aliphatic rings. The van der Waals surface area contributed by atoms with Crippen LogP contribution in [-0.4, -0.2) is 74.7 Å². The van der Waals surface area contributed by atoms with Gasteiger partial charge in [0.1, 0.15) is 6.10 Å². The van der Waals surface area contributed by atoms with Crippen LogP contribution in [0.4, 0.5) is 0 Å². The van der Waals surface area contributed by atoms with E-state index in [4.69, 9.17) is 29.5 Å². The maximum Gasteiger partial charge on any atom is 2.00 e. The summed E-state index contributed by atoms with van der Waals surface area (Å²) >= 11 is 0. The largest absolute Gasteiger partial charge is 2.00 e. The number of aliphatic hydroxyl groups excluding tert-OH is 1. The van der Waals surface area contributed by atoms with Crippen LogP contribution in [0.1, 0.15) is 11.2 Å². The van der Waals surface area contributed by atoms with E-state index in [2.05, 4.69) is 0 Å². The average Bonchev–Trinajstić information content (AvgIpc) is 1.59. The van der Waals surface area contributed by atoms with Crippen LogP contribution in [0.5, 0.6) is 0 Å². The summed E-state index contributed by atoms with van der Waals surface area (Å²) in [5.41, 5.74) is 0. The van der Waals surface area contributed by atoms with Crippen molar-refractivity contribution in [1.82, 2.24) is 0 Å². The monoisotopic (exact) mass is 270 g/mol. The van der Waals surface area contributed by atoms with Crippen LogP contribution >= 0.6 is 7.82 Å². The summed E-state index contributed by atoms with van der Waals surface area (Å²) in [7, 11) is -4.64. The van der Waals surface area contributed by atoms with Crippen molar-refractivity contribution in [2.75, 3.05) is 0 Å². The second-order valence-corrected chi connectivity index (χ2v) is 2.55. The molecule has 7 nitrogen and oxygen atoms in total. The number of phosphoric acid groups is 1. The molecule has 0 aromatic rings. The van der Waals surface area contributed by atoms with Gasteiger partial charge in [0, 0.05) is 0 Å². The summed E-state index contributed by atoms with van der Waals surface area (Å²) in [5.74, 6) is -1.19. The Morgan fingerprint density at radius 1 is 1.38 bits per heavy atom. The van der Waals surface area contributed by atoms with Gasteiger partial charge in [-0.2, -0.15) is 0 Å². The Hall–Kier alpha value is 2.44. The average molecular weight is 270 g/mol. The third-order valence-electron chi connectivity index (χ3n) is 0.357. The summed E-state index contributed by atoms with van der Waals surface area (Å²) in [4.78, 5) is 31.0. The molecule has 0 saturated heterocycles. The molecule has 74 valence electrons. The number of aliphatic hydroxyl groups is 1. The van der Waals surface area contributed by atoms with E-state index in [0.717, 1.165) is 0 Å². The van der Waals surface area contributed by atoms with Crippen molar-refractivity contribution >= 4 is 51.5 Å². The molecule has 0 saturated carbocycles. The molecule has 0 amide bonds. The van der Waals surface area contributed by atoms with Gasteiger partial charge in [0.05, 0.1) is 0 Å². The molecule has 0 aromatic carbocycles. The van der Waals surface area contributed by atoms with Crippen molar-refractivity contribution in [2.24, 2.45) is 0 Å². The van der Waals surface area contributed by atoms with E-state index >= 15 is 0 Å². The van der Waals surface area contributed by atoms with Crippen LogP contribution < -0.4 is 51.4 Å². The van der Waals surface area contributed by atoms with Crippen molar-refractivity contribution in [3.63, 3.8) is 0 Å². The number of hydrogen-bond donors (Lipinski definition) is 5. The number of aliphatic carboxylic acids is 1. The maximum atomic E-state index is 9.45. The van der Waals surface area contributed by atoms with Crippen molar-refractivity contribution in [3.05, 3.63) is 0 Å². The van der Waals surface area contributed by atoms with E-state index in [1.54, 1.807) is 0 Å². The Kier molecular flexibility index (Phi) is 23.7. The third-order valence-corrected chi connectivity index (χ3v) is 0.357. The molecule has 0 rings (SSSR count). The van der Waals surface area contributed by atoms with Crippen LogP contribution in [0, 0.1) is 0 Å². The van der Waals surface area contributed by atoms with E-state index in [1.807, 2.05) is 0 Å².